The van der Waals surface area contributed by atoms with Crippen LogP contribution < -0.4 is 5.73 Å². The topological polar surface area (TPSA) is 46.2 Å². The summed E-state index contributed by atoms with van der Waals surface area (Å²) in [6.45, 7) is 0. The molecule has 1 aliphatic carbocycles. The molecule has 0 amide bonds. The van der Waals surface area contributed by atoms with Crippen LogP contribution in [0, 0.1) is 0 Å². The van der Waals surface area contributed by atoms with Crippen LogP contribution in [0.2, 0.25) is 0 Å². The van der Waals surface area contributed by atoms with Crippen LogP contribution in [0.3, 0.4) is 0 Å². The molecule has 0 radical (unpaired) electrons. The molecule has 2 aromatic rings. The summed E-state index contributed by atoms with van der Waals surface area (Å²) in [5.41, 5.74) is 8.55. The van der Waals surface area contributed by atoms with E-state index in [1.54, 1.807) is 12.1 Å². The molecule has 0 aliphatic heterocycles. The molecule has 3 rings (SSSR count). The first-order chi connectivity index (χ1) is 8.20. The molecule has 0 heterocycles. The maximum Gasteiger partial charge on any atom is 0.115 e. The van der Waals surface area contributed by atoms with E-state index in [1.807, 2.05) is 30.3 Å². The maximum absolute atomic E-state index is 9.28. The predicted octanol–water partition coefficient (Wildman–Crippen LogP) is 2.73. The largest absolute Gasteiger partial charge is 0.508 e. The Bertz CT molecular complexity index is 520. The number of hydrogen-bond donors (Lipinski definition) is 2. The first kappa shape index (κ1) is 10.4. The SMILES string of the molecule is NC1(c2ccc(O)cc2)CC1c1ccccc1. The van der Waals surface area contributed by atoms with Crippen LogP contribution in [0.15, 0.2) is 54.6 Å². The quantitative estimate of drug-likeness (QED) is 0.825. The second-order valence-corrected chi connectivity index (χ2v) is 4.75. The summed E-state index contributed by atoms with van der Waals surface area (Å²) < 4.78 is 0. The monoisotopic (exact) mass is 225 g/mol. The lowest BCUT2D eigenvalue weighted by Crippen LogP contribution is -2.21. The first-order valence-electron chi connectivity index (χ1n) is 5.83. The van der Waals surface area contributed by atoms with Crippen molar-refractivity contribution >= 4 is 0 Å². The highest BCUT2D eigenvalue weighted by atomic mass is 16.3. The zero-order valence-electron chi connectivity index (χ0n) is 9.51. The molecular formula is C15H15NO. The second-order valence-electron chi connectivity index (χ2n) is 4.75. The van der Waals surface area contributed by atoms with Gasteiger partial charge in [-0.3, -0.25) is 0 Å². The van der Waals surface area contributed by atoms with E-state index in [0.717, 1.165) is 12.0 Å². The smallest absolute Gasteiger partial charge is 0.115 e. The van der Waals surface area contributed by atoms with Crippen LogP contribution in [-0.4, -0.2) is 5.11 Å². The molecule has 0 spiro atoms. The molecule has 0 bridgehead atoms. The molecule has 2 unspecified atom stereocenters. The summed E-state index contributed by atoms with van der Waals surface area (Å²) >= 11 is 0. The number of phenols is 1. The van der Waals surface area contributed by atoms with Gasteiger partial charge in [-0.2, -0.15) is 0 Å². The van der Waals surface area contributed by atoms with Crippen LogP contribution in [0.4, 0.5) is 0 Å². The lowest BCUT2D eigenvalue weighted by molar-refractivity contribution is 0.474. The van der Waals surface area contributed by atoms with Gasteiger partial charge in [-0.25, -0.2) is 0 Å². The van der Waals surface area contributed by atoms with Crippen LogP contribution in [0.5, 0.6) is 5.75 Å². The van der Waals surface area contributed by atoms with E-state index in [2.05, 4.69) is 12.1 Å². The highest BCUT2D eigenvalue weighted by molar-refractivity contribution is 5.42. The third kappa shape index (κ3) is 1.71. The van der Waals surface area contributed by atoms with E-state index >= 15 is 0 Å². The molecule has 0 saturated heterocycles. The van der Waals surface area contributed by atoms with Crippen LogP contribution in [-0.2, 0) is 5.54 Å². The zero-order chi connectivity index (χ0) is 11.9. The third-order valence-electron chi connectivity index (χ3n) is 3.61. The van der Waals surface area contributed by atoms with E-state index in [-0.39, 0.29) is 11.3 Å². The molecule has 86 valence electrons. The zero-order valence-corrected chi connectivity index (χ0v) is 9.51. The Morgan fingerprint density at radius 2 is 1.65 bits per heavy atom. The van der Waals surface area contributed by atoms with Gasteiger partial charge in [0, 0.05) is 11.5 Å². The summed E-state index contributed by atoms with van der Waals surface area (Å²) in [5.74, 6) is 0.683. The molecule has 0 aromatic heterocycles. The number of benzene rings is 2. The molecule has 3 N–H and O–H groups in total. The lowest BCUT2D eigenvalue weighted by atomic mass is 9.99. The van der Waals surface area contributed by atoms with Gasteiger partial charge in [0.1, 0.15) is 5.75 Å². The van der Waals surface area contributed by atoms with Crippen LogP contribution in [0.1, 0.15) is 23.5 Å². The Labute approximate surface area is 101 Å². The molecule has 1 fully saturated rings. The third-order valence-corrected chi connectivity index (χ3v) is 3.61. The molecule has 2 atom stereocenters. The highest BCUT2D eigenvalue weighted by Crippen LogP contribution is 2.56. The van der Waals surface area contributed by atoms with E-state index in [1.165, 1.54) is 5.56 Å². The summed E-state index contributed by atoms with van der Waals surface area (Å²) in [6.07, 6.45) is 0.974. The molecule has 2 heteroatoms. The number of phenolic OH excluding ortho intramolecular Hbond substituents is 1. The van der Waals surface area contributed by atoms with Crippen molar-refractivity contribution in [2.24, 2.45) is 5.73 Å². The van der Waals surface area contributed by atoms with E-state index < -0.39 is 0 Å². The molecule has 1 aliphatic rings. The lowest BCUT2D eigenvalue weighted by Gasteiger charge is -2.12. The molecule has 17 heavy (non-hydrogen) atoms. The van der Waals surface area contributed by atoms with Gasteiger partial charge < -0.3 is 10.8 Å². The first-order valence-corrected chi connectivity index (χ1v) is 5.83. The van der Waals surface area contributed by atoms with Gasteiger partial charge in [-0.15, -0.1) is 0 Å². The van der Waals surface area contributed by atoms with Crippen LogP contribution in [0.25, 0.3) is 0 Å². The van der Waals surface area contributed by atoms with Crippen molar-refractivity contribution in [2.45, 2.75) is 17.9 Å². The summed E-state index contributed by atoms with van der Waals surface area (Å²) in [7, 11) is 0. The van der Waals surface area contributed by atoms with Gasteiger partial charge in [0.2, 0.25) is 0 Å². The predicted molar refractivity (Wildman–Crippen MR) is 67.8 cm³/mol. The summed E-state index contributed by atoms with van der Waals surface area (Å²) in [6, 6.07) is 17.6. The average Bonchev–Trinajstić information content (AvgIpc) is 3.05. The molecular weight excluding hydrogens is 210 g/mol. The molecule has 2 nitrogen and oxygen atoms in total. The van der Waals surface area contributed by atoms with Crippen molar-refractivity contribution < 1.29 is 5.11 Å². The standard InChI is InChI=1S/C15H15NO/c16-15(12-6-8-13(17)9-7-12)10-14(15)11-4-2-1-3-5-11/h1-9,14,17H,10,16H2. The van der Waals surface area contributed by atoms with Crippen molar-refractivity contribution in [3.05, 3.63) is 65.7 Å². The van der Waals surface area contributed by atoms with Crippen molar-refractivity contribution in [1.82, 2.24) is 0 Å². The Kier molecular flexibility index (Phi) is 2.20. The van der Waals surface area contributed by atoms with E-state index in [4.69, 9.17) is 5.73 Å². The van der Waals surface area contributed by atoms with Gasteiger partial charge in [0.05, 0.1) is 0 Å². The fraction of sp³-hybridized carbons (Fsp3) is 0.200. The number of nitrogens with two attached hydrogens (primary N) is 1. The van der Waals surface area contributed by atoms with E-state index in [9.17, 15) is 5.11 Å². The fourth-order valence-electron chi connectivity index (χ4n) is 2.47. The van der Waals surface area contributed by atoms with E-state index in [0.29, 0.717) is 5.92 Å². The van der Waals surface area contributed by atoms with Crippen LogP contribution >= 0.6 is 0 Å². The molecule has 2 aromatic carbocycles. The maximum atomic E-state index is 9.28. The van der Waals surface area contributed by atoms with Gasteiger partial charge in [0.15, 0.2) is 0 Å². The number of aromatic hydroxyl groups is 1. The minimum atomic E-state index is -0.255. The minimum absolute atomic E-state index is 0.255. The highest BCUT2D eigenvalue weighted by Gasteiger charge is 2.52. The van der Waals surface area contributed by atoms with Crippen molar-refractivity contribution in [2.75, 3.05) is 0 Å². The number of rotatable bonds is 2. The summed E-state index contributed by atoms with van der Waals surface area (Å²) in [5, 5.41) is 9.28. The van der Waals surface area contributed by atoms with Crippen molar-refractivity contribution in [3.8, 4) is 5.75 Å². The Hall–Kier alpha value is -1.80. The van der Waals surface area contributed by atoms with Gasteiger partial charge in [-0.05, 0) is 29.7 Å². The minimum Gasteiger partial charge on any atom is -0.508 e. The average molecular weight is 225 g/mol. The summed E-state index contributed by atoms with van der Waals surface area (Å²) in [4.78, 5) is 0. The molecule has 1 saturated carbocycles. The Morgan fingerprint density at radius 1 is 1.00 bits per heavy atom. The second kappa shape index (κ2) is 3.60. The van der Waals surface area contributed by atoms with Crippen molar-refractivity contribution in [1.29, 1.82) is 0 Å². The van der Waals surface area contributed by atoms with Gasteiger partial charge in [-0.1, -0.05) is 42.5 Å². The number of hydrogen-bond acceptors (Lipinski definition) is 2. The normalized spacial score (nSPS) is 26.8. The Balaban J connectivity index is 1.89. The Morgan fingerprint density at radius 3 is 2.29 bits per heavy atom. The van der Waals surface area contributed by atoms with Gasteiger partial charge in [0.25, 0.3) is 0 Å². The fourth-order valence-corrected chi connectivity index (χ4v) is 2.47. The van der Waals surface area contributed by atoms with Crippen molar-refractivity contribution in [3.63, 3.8) is 0 Å². The van der Waals surface area contributed by atoms with Gasteiger partial charge >= 0.3 is 0 Å².